The average molecular weight is 514 g/mol. The first-order valence-electron chi connectivity index (χ1n) is 9.59. The number of esters is 2. The van der Waals surface area contributed by atoms with Gasteiger partial charge in [0.1, 0.15) is 17.7 Å². The van der Waals surface area contributed by atoms with Gasteiger partial charge in [-0.1, -0.05) is 48.9 Å². The molecule has 0 rings (SSSR count). The monoisotopic (exact) mass is 513 g/mol. The topological polar surface area (TPSA) is 117 Å². The SMILES string of the molecule is C.COC(=O)[C@@H](N)C(C)C.COC(=O)[C@@H](NC(=O)OC(C)(C)C)C(C)C.Cl.S.S.[2H]CC. The minimum Gasteiger partial charge on any atom is -0.468 e. The van der Waals surface area contributed by atoms with Gasteiger partial charge in [0.15, 0.2) is 0 Å². The van der Waals surface area contributed by atoms with E-state index < -0.39 is 29.7 Å². The van der Waals surface area contributed by atoms with Gasteiger partial charge in [-0.2, -0.15) is 27.0 Å². The number of carbonyl (C=O) groups excluding carboxylic acids is 3. The van der Waals surface area contributed by atoms with E-state index >= 15 is 0 Å². The fraction of sp³-hybridized carbons (Fsp3) is 0.850. The summed E-state index contributed by atoms with van der Waals surface area (Å²) in [4.78, 5) is 33.4. The maximum Gasteiger partial charge on any atom is 0.408 e. The normalized spacial score (nSPS) is 11.3. The third kappa shape index (κ3) is 27.1. The van der Waals surface area contributed by atoms with Crippen molar-refractivity contribution in [2.75, 3.05) is 14.2 Å². The summed E-state index contributed by atoms with van der Waals surface area (Å²) in [7, 11) is 2.62. The van der Waals surface area contributed by atoms with Gasteiger partial charge >= 0.3 is 18.0 Å². The van der Waals surface area contributed by atoms with Crippen molar-refractivity contribution in [2.45, 2.75) is 87.4 Å². The number of halogens is 1. The van der Waals surface area contributed by atoms with E-state index in [4.69, 9.17) is 11.8 Å². The maximum atomic E-state index is 11.5. The third-order valence-corrected chi connectivity index (χ3v) is 2.99. The van der Waals surface area contributed by atoms with Gasteiger partial charge in [0.05, 0.1) is 14.2 Å². The second-order valence-electron chi connectivity index (χ2n) is 7.18. The summed E-state index contributed by atoms with van der Waals surface area (Å²) >= 11 is 0. The van der Waals surface area contributed by atoms with Crippen molar-refractivity contribution in [1.29, 1.82) is 0 Å². The molecular weight excluding hydrogens is 464 g/mol. The van der Waals surface area contributed by atoms with Crippen LogP contribution in [0.2, 0.25) is 0 Å². The van der Waals surface area contributed by atoms with E-state index in [1.807, 2.05) is 27.7 Å². The minimum absolute atomic E-state index is 0. The van der Waals surface area contributed by atoms with Crippen molar-refractivity contribution >= 4 is 57.4 Å². The number of alkyl carbamates (subject to hydrolysis) is 1. The molecule has 0 aliphatic rings. The summed E-state index contributed by atoms with van der Waals surface area (Å²) in [5, 5.41) is 2.49. The molecule has 0 aliphatic carbocycles. The molecule has 2 atom stereocenters. The number of ether oxygens (including phenoxy) is 3. The first-order chi connectivity index (χ1) is 12.7. The molecule has 0 aromatic carbocycles. The summed E-state index contributed by atoms with van der Waals surface area (Å²) in [6.07, 6.45) is -0.614. The molecule has 1 amide bonds. The molecule has 8 nitrogen and oxygen atoms in total. The van der Waals surface area contributed by atoms with E-state index in [1.165, 1.54) is 14.2 Å². The molecule has 31 heavy (non-hydrogen) atoms. The number of carbonyl (C=O) groups is 3. The summed E-state index contributed by atoms with van der Waals surface area (Å²) in [5.74, 6) is -0.719. The van der Waals surface area contributed by atoms with Gasteiger partial charge in [0.25, 0.3) is 0 Å². The lowest BCUT2D eigenvalue weighted by molar-refractivity contribution is -0.144. The zero-order valence-corrected chi connectivity index (χ0v) is 22.8. The smallest absolute Gasteiger partial charge is 0.408 e. The molecule has 0 aliphatic heterocycles. The van der Waals surface area contributed by atoms with Crippen LogP contribution in [-0.2, 0) is 23.8 Å². The van der Waals surface area contributed by atoms with Crippen LogP contribution in [0.5, 0.6) is 0 Å². The Bertz CT molecular complexity index is 468. The molecule has 0 aromatic heterocycles. The van der Waals surface area contributed by atoms with Crippen LogP contribution in [0.3, 0.4) is 0 Å². The molecule has 0 radical (unpaired) electrons. The predicted octanol–water partition coefficient (Wildman–Crippen LogP) is 4.16. The highest BCUT2D eigenvalue weighted by atomic mass is 35.5. The molecule has 0 unspecified atom stereocenters. The molecule has 0 saturated carbocycles. The van der Waals surface area contributed by atoms with E-state index in [1.54, 1.807) is 27.7 Å². The number of nitrogens with one attached hydrogen (secondary N) is 1. The van der Waals surface area contributed by atoms with Crippen LogP contribution in [0, 0.1) is 11.8 Å². The quantitative estimate of drug-likeness (QED) is 0.418. The van der Waals surface area contributed by atoms with Crippen molar-refractivity contribution in [3.63, 3.8) is 0 Å². The molecule has 0 fully saturated rings. The van der Waals surface area contributed by atoms with Crippen LogP contribution in [-0.4, -0.2) is 49.9 Å². The fourth-order valence-electron chi connectivity index (χ4n) is 1.47. The van der Waals surface area contributed by atoms with Crippen molar-refractivity contribution in [1.82, 2.24) is 5.32 Å². The lowest BCUT2D eigenvalue weighted by Gasteiger charge is -2.24. The number of amides is 1. The lowest BCUT2D eigenvalue weighted by Crippen LogP contribution is -2.46. The number of hydrogen-bond acceptors (Lipinski definition) is 7. The van der Waals surface area contributed by atoms with Crippen LogP contribution in [0.15, 0.2) is 0 Å². The first kappa shape index (κ1) is 43.9. The third-order valence-electron chi connectivity index (χ3n) is 2.99. The van der Waals surface area contributed by atoms with Crippen LogP contribution in [0.1, 0.15) is 71.1 Å². The highest BCUT2D eigenvalue weighted by Gasteiger charge is 2.27. The Kier molecular flexibility index (Phi) is 36.0. The molecule has 0 saturated heterocycles. The second-order valence-corrected chi connectivity index (χ2v) is 7.18. The summed E-state index contributed by atoms with van der Waals surface area (Å²) in [5.41, 5.74) is 4.81. The molecule has 0 spiro atoms. The summed E-state index contributed by atoms with van der Waals surface area (Å²) < 4.78 is 20.3. The molecular formula is C20H49ClN2O6S2. The Hall–Kier alpha value is -0.840. The minimum atomic E-state index is -0.681. The van der Waals surface area contributed by atoms with E-state index in [-0.39, 0.29) is 64.6 Å². The van der Waals surface area contributed by atoms with Crippen LogP contribution in [0.4, 0.5) is 4.79 Å². The van der Waals surface area contributed by atoms with E-state index in [9.17, 15) is 14.4 Å². The summed E-state index contributed by atoms with van der Waals surface area (Å²) in [6.45, 7) is 15.0. The lowest BCUT2D eigenvalue weighted by atomic mass is 10.1. The maximum absolute atomic E-state index is 11.5. The van der Waals surface area contributed by atoms with Gasteiger partial charge in [0, 0.05) is 1.37 Å². The molecule has 11 heteroatoms. The number of methoxy groups -OCH3 is 2. The van der Waals surface area contributed by atoms with Gasteiger partial charge in [-0.05, 0) is 32.6 Å². The summed E-state index contributed by atoms with van der Waals surface area (Å²) in [6, 6.07) is -1.16. The molecule has 0 aromatic rings. The van der Waals surface area contributed by atoms with Crippen molar-refractivity contribution in [2.24, 2.45) is 17.6 Å². The Balaban J connectivity index is -0.0000000677. The van der Waals surface area contributed by atoms with Crippen molar-refractivity contribution < 1.29 is 30.0 Å². The van der Waals surface area contributed by atoms with Gasteiger partial charge < -0.3 is 25.3 Å². The predicted molar refractivity (Wildman–Crippen MR) is 141 cm³/mol. The first-order valence-corrected chi connectivity index (χ1v) is 8.88. The fourth-order valence-corrected chi connectivity index (χ4v) is 1.47. The number of nitrogens with two attached hydrogens (primary N) is 1. The van der Waals surface area contributed by atoms with Crippen molar-refractivity contribution in [3.8, 4) is 0 Å². The number of rotatable bonds is 5. The van der Waals surface area contributed by atoms with E-state index in [0.717, 1.165) is 0 Å². The van der Waals surface area contributed by atoms with Gasteiger partial charge in [-0.15, -0.1) is 12.4 Å². The van der Waals surface area contributed by atoms with E-state index in [2.05, 4.69) is 14.8 Å². The molecule has 3 N–H and O–H groups in total. The molecule has 0 heterocycles. The highest BCUT2D eigenvalue weighted by molar-refractivity contribution is 7.59. The largest absolute Gasteiger partial charge is 0.468 e. The van der Waals surface area contributed by atoms with Gasteiger partial charge in [0.2, 0.25) is 0 Å². The van der Waals surface area contributed by atoms with E-state index in [0.29, 0.717) is 6.90 Å². The average Bonchev–Trinajstić information content (AvgIpc) is 2.57. The zero-order valence-electron chi connectivity index (χ0n) is 21.0. The van der Waals surface area contributed by atoms with Gasteiger partial charge in [-0.3, -0.25) is 4.79 Å². The zero-order chi connectivity index (χ0) is 23.1. The van der Waals surface area contributed by atoms with Crippen LogP contribution >= 0.6 is 39.4 Å². The van der Waals surface area contributed by atoms with Crippen molar-refractivity contribution in [3.05, 3.63) is 0 Å². The molecule has 194 valence electrons. The Morgan fingerprint density at radius 1 is 0.935 bits per heavy atom. The Morgan fingerprint density at radius 2 is 1.29 bits per heavy atom. The number of hydrogen-bond donors (Lipinski definition) is 2. The second kappa shape index (κ2) is 25.4. The van der Waals surface area contributed by atoms with Crippen LogP contribution in [0.25, 0.3) is 0 Å². The van der Waals surface area contributed by atoms with Crippen LogP contribution < -0.4 is 11.1 Å². The Labute approximate surface area is 211 Å². The highest BCUT2D eigenvalue weighted by Crippen LogP contribution is 2.09. The van der Waals surface area contributed by atoms with Gasteiger partial charge in [-0.25, -0.2) is 9.59 Å². The Morgan fingerprint density at radius 3 is 1.48 bits per heavy atom. The standard InChI is InChI=1S/C11H21NO4.C6H13NO2.C2H6.CH4.ClH.2H2S/c1-7(2)8(9(13)15-6)12-10(14)16-11(3,4)5;1-4(2)5(7)6(8)9-3;1-2;;;;/h7-8H,1-6H3,(H,12,14);4-5H,7H2,1-3H3;1-2H3;1H4;1H;2*1H2/t8-;5-;;;;;/m00...../s1/i;;1D;;;;. The molecule has 0 bridgehead atoms.